The molecule has 0 aromatic heterocycles. The van der Waals surface area contributed by atoms with Crippen LogP contribution in [0.5, 0.6) is 17.2 Å². The van der Waals surface area contributed by atoms with E-state index in [1.165, 1.54) is 0 Å². The Morgan fingerprint density at radius 2 is 1.75 bits per heavy atom. The Morgan fingerprint density at radius 1 is 1.12 bits per heavy atom. The molecule has 3 rings (SSSR count). The summed E-state index contributed by atoms with van der Waals surface area (Å²) in [5.41, 5.74) is 3.40. The lowest BCUT2D eigenvalue weighted by atomic mass is 9.92. The maximum Gasteiger partial charge on any atom is 0.203 e. The van der Waals surface area contributed by atoms with Gasteiger partial charge in [0, 0.05) is 17.8 Å². The van der Waals surface area contributed by atoms with Crippen LogP contribution in [0.1, 0.15) is 44.4 Å². The van der Waals surface area contributed by atoms with Gasteiger partial charge in [0.25, 0.3) is 0 Å². The number of ketones is 1. The Hall–Kier alpha value is -3.06. The van der Waals surface area contributed by atoms with Crippen LogP contribution in [0.2, 0.25) is 0 Å². The third-order valence-electron chi connectivity index (χ3n) is 5.47. The van der Waals surface area contributed by atoms with E-state index >= 15 is 0 Å². The summed E-state index contributed by atoms with van der Waals surface area (Å²) in [4.78, 5) is 14.6. The maximum absolute atomic E-state index is 12.6. The zero-order valence-corrected chi connectivity index (χ0v) is 20.0. The van der Waals surface area contributed by atoms with Gasteiger partial charge in [0.15, 0.2) is 22.4 Å². The molecule has 1 aliphatic heterocycles. The van der Waals surface area contributed by atoms with Gasteiger partial charge in [-0.05, 0) is 55.7 Å². The van der Waals surface area contributed by atoms with Gasteiger partial charge in [-0.2, -0.15) is 0 Å². The highest BCUT2D eigenvalue weighted by atomic mass is 32.1. The highest BCUT2D eigenvalue weighted by Crippen LogP contribution is 2.42. The van der Waals surface area contributed by atoms with E-state index in [0.29, 0.717) is 34.5 Å². The quantitative estimate of drug-likeness (QED) is 0.547. The number of nitrogens with one attached hydrogen (secondary N) is 1. The third-order valence-corrected chi connectivity index (χ3v) is 5.80. The van der Waals surface area contributed by atoms with Crippen molar-refractivity contribution in [2.45, 2.75) is 39.8 Å². The smallest absolute Gasteiger partial charge is 0.203 e. The molecule has 2 aromatic carbocycles. The monoisotopic (exact) mass is 454 g/mol. The number of hydrogen-bond donors (Lipinski definition) is 1. The van der Waals surface area contributed by atoms with E-state index in [1.807, 2.05) is 54.3 Å². The van der Waals surface area contributed by atoms with Crippen molar-refractivity contribution in [1.29, 1.82) is 0 Å². The van der Waals surface area contributed by atoms with Crippen LogP contribution in [-0.2, 0) is 11.4 Å². The topological polar surface area (TPSA) is 60.0 Å². The van der Waals surface area contributed by atoms with Crippen LogP contribution in [0.25, 0.3) is 0 Å². The van der Waals surface area contributed by atoms with Gasteiger partial charge in [0.05, 0.1) is 20.3 Å². The average molecular weight is 455 g/mol. The van der Waals surface area contributed by atoms with Gasteiger partial charge in [-0.15, -0.1) is 0 Å². The van der Waals surface area contributed by atoms with Crippen LogP contribution in [0.4, 0.5) is 0 Å². The summed E-state index contributed by atoms with van der Waals surface area (Å²) >= 11 is 5.61. The third kappa shape index (κ3) is 4.88. The number of thiocarbonyl (C=S) groups is 1. The molecule has 0 aliphatic carbocycles. The molecule has 0 bridgehead atoms. The van der Waals surface area contributed by atoms with Gasteiger partial charge >= 0.3 is 0 Å². The number of Topliss-reactive ketones (excluding diaryl/α,β-unsaturated/α-hetero) is 1. The molecule has 32 heavy (non-hydrogen) atoms. The van der Waals surface area contributed by atoms with Crippen molar-refractivity contribution in [2.24, 2.45) is 0 Å². The maximum atomic E-state index is 12.6. The van der Waals surface area contributed by atoms with E-state index in [4.69, 9.17) is 26.4 Å². The molecule has 1 heterocycles. The molecule has 1 N–H and O–H groups in total. The fourth-order valence-corrected chi connectivity index (χ4v) is 4.27. The van der Waals surface area contributed by atoms with Crippen LogP contribution in [0.15, 0.2) is 53.7 Å². The first-order valence-corrected chi connectivity index (χ1v) is 11.0. The molecule has 0 radical (unpaired) electrons. The number of benzene rings is 2. The number of nitrogens with zero attached hydrogens (tertiary/aromatic N) is 1. The van der Waals surface area contributed by atoms with Gasteiger partial charge in [0.2, 0.25) is 5.75 Å². The zero-order chi connectivity index (χ0) is 23.3. The summed E-state index contributed by atoms with van der Waals surface area (Å²) in [6, 6.07) is 13.2. The molecule has 0 saturated carbocycles. The minimum absolute atomic E-state index is 0.00839. The first kappa shape index (κ1) is 23.6. The highest BCUT2D eigenvalue weighted by molar-refractivity contribution is 7.80. The van der Waals surface area contributed by atoms with Crippen molar-refractivity contribution in [2.75, 3.05) is 20.8 Å². The molecule has 0 saturated heterocycles. The van der Waals surface area contributed by atoms with Crippen LogP contribution >= 0.6 is 12.2 Å². The van der Waals surface area contributed by atoms with Gasteiger partial charge in [-0.3, -0.25) is 4.79 Å². The van der Waals surface area contributed by atoms with Crippen LogP contribution in [0.3, 0.4) is 0 Å². The van der Waals surface area contributed by atoms with E-state index in [9.17, 15) is 4.79 Å². The first-order chi connectivity index (χ1) is 15.4. The van der Waals surface area contributed by atoms with Crippen molar-refractivity contribution < 1.29 is 19.0 Å². The van der Waals surface area contributed by atoms with E-state index in [-0.39, 0.29) is 5.78 Å². The van der Waals surface area contributed by atoms with Gasteiger partial charge < -0.3 is 24.4 Å². The van der Waals surface area contributed by atoms with E-state index in [0.717, 1.165) is 29.8 Å². The Bertz CT molecular complexity index is 995. The lowest BCUT2D eigenvalue weighted by Gasteiger charge is -2.38. The first-order valence-electron chi connectivity index (χ1n) is 10.6. The second-order valence-corrected chi connectivity index (χ2v) is 8.00. The summed E-state index contributed by atoms with van der Waals surface area (Å²) in [5.74, 6) is 1.56. The summed E-state index contributed by atoms with van der Waals surface area (Å²) in [7, 11) is 3.17. The molecular formula is C25H30N2O4S. The molecule has 1 unspecified atom stereocenters. The van der Waals surface area contributed by atoms with Crippen LogP contribution < -0.4 is 19.5 Å². The number of hydrogen-bond acceptors (Lipinski definition) is 5. The Kier molecular flexibility index (Phi) is 7.75. The number of carbonyl (C=O) groups is 1. The molecule has 7 heteroatoms. The van der Waals surface area contributed by atoms with Crippen molar-refractivity contribution in [3.05, 3.63) is 64.9 Å². The highest BCUT2D eigenvalue weighted by Gasteiger charge is 2.33. The Balaban J connectivity index is 2.02. The largest absolute Gasteiger partial charge is 0.493 e. The van der Waals surface area contributed by atoms with E-state index < -0.39 is 6.04 Å². The molecule has 170 valence electrons. The summed E-state index contributed by atoms with van der Waals surface area (Å²) in [5, 5.41) is 3.93. The average Bonchev–Trinajstić information content (AvgIpc) is 2.79. The van der Waals surface area contributed by atoms with E-state index in [2.05, 4.69) is 12.2 Å². The normalized spacial score (nSPS) is 16.0. The lowest BCUT2D eigenvalue weighted by Crippen LogP contribution is -2.47. The Morgan fingerprint density at radius 3 is 2.28 bits per heavy atom. The van der Waals surface area contributed by atoms with Crippen molar-refractivity contribution in [3.63, 3.8) is 0 Å². The summed E-state index contributed by atoms with van der Waals surface area (Å²) in [6.45, 7) is 6.73. The number of methoxy groups -OCH3 is 2. The molecule has 6 nitrogen and oxygen atoms in total. The predicted molar refractivity (Wildman–Crippen MR) is 129 cm³/mol. The Labute approximate surface area is 195 Å². The number of allylic oxidation sites excluding steroid dienone is 1. The lowest BCUT2D eigenvalue weighted by molar-refractivity contribution is -0.114. The summed E-state index contributed by atoms with van der Waals surface area (Å²) in [6.07, 6.45) is 0.921. The minimum Gasteiger partial charge on any atom is -0.493 e. The number of rotatable bonds is 9. The molecule has 0 fully saturated rings. The zero-order valence-electron chi connectivity index (χ0n) is 19.2. The molecule has 0 amide bonds. The standard InChI is InChI=1S/C25H30N2O4S/c1-6-12-27-16(2)22(17(3)28)23(26-25(27)32)19-13-20(29-4)24(21(14-19)30-5)31-15-18-10-8-7-9-11-18/h7-11,13-14,23H,6,12,15H2,1-5H3,(H,26,32). The predicted octanol–water partition coefficient (Wildman–Crippen LogP) is 4.79. The van der Waals surface area contributed by atoms with Crippen molar-refractivity contribution in [1.82, 2.24) is 10.2 Å². The second-order valence-electron chi connectivity index (χ2n) is 7.62. The molecular weight excluding hydrogens is 424 g/mol. The molecule has 2 aromatic rings. The SMILES string of the molecule is CCCN1C(=S)NC(c2cc(OC)c(OCc3ccccc3)c(OC)c2)C(C(C)=O)=C1C. The van der Waals surface area contributed by atoms with E-state index in [1.54, 1.807) is 21.1 Å². The fraction of sp³-hybridized carbons (Fsp3) is 0.360. The molecule has 1 aliphatic rings. The molecule has 1 atom stereocenters. The number of ether oxygens (including phenoxy) is 3. The van der Waals surface area contributed by atoms with Crippen molar-refractivity contribution in [3.8, 4) is 17.2 Å². The molecule has 0 spiro atoms. The minimum atomic E-state index is -0.404. The fourth-order valence-electron chi connectivity index (χ4n) is 3.92. The summed E-state index contributed by atoms with van der Waals surface area (Å²) < 4.78 is 17.3. The van der Waals surface area contributed by atoms with Gasteiger partial charge in [-0.1, -0.05) is 37.3 Å². The number of carbonyl (C=O) groups excluding carboxylic acids is 1. The second kappa shape index (κ2) is 10.5. The van der Waals surface area contributed by atoms with Gasteiger partial charge in [0.1, 0.15) is 6.61 Å². The van der Waals surface area contributed by atoms with Crippen LogP contribution in [0, 0.1) is 0 Å². The van der Waals surface area contributed by atoms with Crippen LogP contribution in [-0.4, -0.2) is 36.6 Å². The van der Waals surface area contributed by atoms with Crippen molar-refractivity contribution >= 4 is 23.1 Å². The van der Waals surface area contributed by atoms with Gasteiger partial charge in [-0.25, -0.2) is 0 Å².